The van der Waals surface area contributed by atoms with Crippen LogP contribution in [0.5, 0.6) is 5.88 Å². The lowest BCUT2D eigenvalue weighted by Crippen LogP contribution is -2.15. The summed E-state index contributed by atoms with van der Waals surface area (Å²) in [6.07, 6.45) is 4.34. The van der Waals surface area contributed by atoms with Crippen LogP contribution in [-0.4, -0.2) is 40.2 Å². The summed E-state index contributed by atoms with van der Waals surface area (Å²) < 4.78 is 32.9. The Labute approximate surface area is 167 Å². The molecular weight excluding hydrogens is 404 g/mol. The number of hydrogen-bond acceptors (Lipinski definition) is 6. The molecule has 0 saturated carbocycles. The Kier molecular flexibility index (Phi) is 5.57. The molecule has 10 heteroatoms. The number of hydrogen-bond donors (Lipinski definition) is 0. The zero-order valence-corrected chi connectivity index (χ0v) is 17.2. The molecular formula is C18H19ClN4O4S. The molecule has 1 aromatic carbocycles. The molecule has 0 atom stereocenters. The smallest absolute Gasteiger partial charge is 0.346 e. The maximum atomic E-state index is 12.7. The molecule has 3 aromatic rings. The van der Waals surface area contributed by atoms with Gasteiger partial charge in [-0.05, 0) is 32.0 Å². The Bertz CT molecular complexity index is 1120. The van der Waals surface area contributed by atoms with Crippen LogP contribution >= 0.6 is 11.6 Å². The maximum Gasteiger partial charge on any atom is 0.346 e. The molecule has 148 valence electrons. The van der Waals surface area contributed by atoms with Crippen LogP contribution in [-0.2, 0) is 22.9 Å². The Balaban J connectivity index is 2.02. The normalized spacial score (nSPS) is 11.6. The summed E-state index contributed by atoms with van der Waals surface area (Å²) in [6.45, 7) is 4.29. The van der Waals surface area contributed by atoms with Gasteiger partial charge in [0.25, 0.3) is 0 Å². The van der Waals surface area contributed by atoms with E-state index in [4.69, 9.17) is 16.3 Å². The molecule has 28 heavy (non-hydrogen) atoms. The second kappa shape index (κ2) is 7.76. The van der Waals surface area contributed by atoms with Gasteiger partial charge < -0.3 is 4.74 Å². The molecule has 0 radical (unpaired) electrons. The highest BCUT2D eigenvalue weighted by molar-refractivity contribution is 7.90. The van der Waals surface area contributed by atoms with Crippen LogP contribution < -0.4 is 4.74 Å². The highest BCUT2D eigenvalue weighted by atomic mass is 35.5. The number of sulfone groups is 1. The van der Waals surface area contributed by atoms with E-state index in [-0.39, 0.29) is 27.6 Å². The Hall–Kier alpha value is -2.65. The van der Waals surface area contributed by atoms with Crippen molar-refractivity contribution < 1.29 is 17.9 Å². The molecule has 0 amide bonds. The summed E-state index contributed by atoms with van der Waals surface area (Å²) in [5.74, 6) is -0.400. The van der Waals surface area contributed by atoms with Gasteiger partial charge in [-0.3, -0.25) is 4.68 Å². The van der Waals surface area contributed by atoms with Gasteiger partial charge in [0.2, 0.25) is 5.88 Å². The van der Waals surface area contributed by atoms with Crippen molar-refractivity contribution in [2.24, 2.45) is 0 Å². The first-order chi connectivity index (χ1) is 13.2. The number of rotatable bonds is 6. The van der Waals surface area contributed by atoms with E-state index in [1.807, 2.05) is 6.92 Å². The first-order valence-electron chi connectivity index (χ1n) is 8.46. The number of nitrogens with zero attached hydrogens (tertiary/aromatic N) is 4. The fourth-order valence-corrected chi connectivity index (χ4v) is 4.08. The molecule has 2 heterocycles. The Morgan fingerprint density at radius 1 is 1.32 bits per heavy atom. The number of halogens is 1. The van der Waals surface area contributed by atoms with E-state index in [1.54, 1.807) is 36.1 Å². The zero-order chi connectivity index (χ0) is 20.5. The molecule has 0 unspecified atom stereocenters. The van der Waals surface area contributed by atoms with Gasteiger partial charge in [0.1, 0.15) is 0 Å². The average Bonchev–Trinajstić information content (AvgIpc) is 3.24. The number of esters is 1. The molecule has 8 nitrogen and oxygen atoms in total. The standard InChI is InChI=1S/C18H19ClN4O4S/c1-4-23-16(10-12(2)21-23)27-18(24)13-6-7-15(28(3,25)26)14(17(13)19)11-22-9-5-8-20-22/h5-10H,4,11H2,1-3H3. The summed E-state index contributed by atoms with van der Waals surface area (Å²) in [6, 6.07) is 6.07. The number of benzene rings is 1. The highest BCUT2D eigenvalue weighted by Gasteiger charge is 2.24. The zero-order valence-electron chi connectivity index (χ0n) is 15.6. The SMILES string of the molecule is CCn1nc(C)cc1OC(=O)c1ccc(S(C)(=O)=O)c(Cn2cccn2)c1Cl. The van der Waals surface area contributed by atoms with Crippen LogP contribution in [0.4, 0.5) is 0 Å². The van der Waals surface area contributed by atoms with Gasteiger partial charge in [-0.1, -0.05) is 11.6 Å². The van der Waals surface area contributed by atoms with E-state index in [2.05, 4.69) is 10.2 Å². The number of aromatic nitrogens is 4. The molecule has 0 aliphatic heterocycles. The molecule has 0 bridgehead atoms. The van der Waals surface area contributed by atoms with Crippen molar-refractivity contribution in [2.75, 3.05) is 6.26 Å². The van der Waals surface area contributed by atoms with E-state index in [1.165, 1.54) is 16.8 Å². The first kappa shape index (κ1) is 20.1. The first-order valence-corrected chi connectivity index (χ1v) is 10.7. The summed E-state index contributed by atoms with van der Waals surface area (Å²) in [4.78, 5) is 12.7. The largest absolute Gasteiger partial charge is 0.404 e. The molecule has 2 aromatic heterocycles. The summed E-state index contributed by atoms with van der Waals surface area (Å²) in [5.41, 5.74) is 1.06. The van der Waals surface area contributed by atoms with Crippen molar-refractivity contribution in [2.45, 2.75) is 31.8 Å². The van der Waals surface area contributed by atoms with Gasteiger partial charge in [-0.2, -0.15) is 10.2 Å². The monoisotopic (exact) mass is 422 g/mol. The molecule has 3 rings (SSSR count). The van der Waals surface area contributed by atoms with Gasteiger partial charge in [0.05, 0.1) is 27.7 Å². The second-order valence-corrected chi connectivity index (χ2v) is 8.57. The Morgan fingerprint density at radius 3 is 2.68 bits per heavy atom. The summed E-state index contributed by atoms with van der Waals surface area (Å²) >= 11 is 6.45. The molecule has 0 aliphatic rings. The van der Waals surface area contributed by atoms with Crippen LogP contribution in [0.3, 0.4) is 0 Å². The van der Waals surface area contributed by atoms with Crippen LogP contribution in [0.1, 0.15) is 28.5 Å². The van der Waals surface area contributed by atoms with Crippen molar-refractivity contribution in [3.8, 4) is 5.88 Å². The second-order valence-electron chi connectivity index (χ2n) is 6.21. The van der Waals surface area contributed by atoms with Gasteiger partial charge in [0, 0.05) is 36.8 Å². The van der Waals surface area contributed by atoms with Crippen molar-refractivity contribution >= 4 is 27.4 Å². The van der Waals surface area contributed by atoms with Gasteiger partial charge in [0.15, 0.2) is 9.84 Å². The van der Waals surface area contributed by atoms with Crippen molar-refractivity contribution in [3.05, 3.63) is 58.5 Å². The minimum Gasteiger partial charge on any atom is -0.404 e. The number of carbonyl (C=O) groups is 1. The molecule has 0 spiro atoms. The maximum absolute atomic E-state index is 12.7. The van der Waals surface area contributed by atoms with Crippen LogP contribution in [0.15, 0.2) is 41.6 Å². The van der Waals surface area contributed by atoms with Gasteiger partial charge in [-0.15, -0.1) is 0 Å². The highest BCUT2D eigenvalue weighted by Crippen LogP contribution is 2.30. The topological polar surface area (TPSA) is 96.1 Å². The van der Waals surface area contributed by atoms with E-state index in [0.29, 0.717) is 18.1 Å². The Morgan fingerprint density at radius 2 is 2.07 bits per heavy atom. The van der Waals surface area contributed by atoms with Crippen LogP contribution in [0.2, 0.25) is 5.02 Å². The van der Waals surface area contributed by atoms with E-state index in [0.717, 1.165) is 6.26 Å². The lowest BCUT2D eigenvalue weighted by molar-refractivity contribution is 0.0718. The lowest BCUT2D eigenvalue weighted by atomic mass is 10.1. The number of aryl methyl sites for hydroxylation is 2. The van der Waals surface area contributed by atoms with E-state index < -0.39 is 15.8 Å². The third kappa shape index (κ3) is 4.10. The number of ether oxygens (including phenoxy) is 1. The van der Waals surface area contributed by atoms with Crippen molar-refractivity contribution in [1.29, 1.82) is 0 Å². The average molecular weight is 423 g/mol. The van der Waals surface area contributed by atoms with Crippen molar-refractivity contribution in [3.63, 3.8) is 0 Å². The van der Waals surface area contributed by atoms with Gasteiger partial charge in [-0.25, -0.2) is 17.9 Å². The van der Waals surface area contributed by atoms with Crippen LogP contribution in [0.25, 0.3) is 0 Å². The quantitative estimate of drug-likeness (QED) is 0.567. The fourth-order valence-electron chi connectivity index (χ4n) is 2.79. The summed E-state index contributed by atoms with van der Waals surface area (Å²) in [7, 11) is -3.56. The van der Waals surface area contributed by atoms with Crippen LogP contribution in [0, 0.1) is 6.92 Å². The molecule has 0 saturated heterocycles. The predicted octanol–water partition coefficient (Wildman–Crippen LogP) is 2.73. The minimum absolute atomic E-state index is 0.0164. The minimum atomic E-state index is -3.56. The molecule has 0 N–H and O–H groups in total. The molecule has 0 aliphatic carbocycles. The fraction of sp³-hybridized carbons (Fsp3) is 0.278. The number of carbonyl (C=O) groups excluding carboxylic acids is 1. The predicted molar refractivity (Wildman–Crippen MR) is 103 cm³/mol. The third-order valence-electron chi connectivity index (χ3n) is 4.06. The van der Waals surface area contributed by atoms with Gasteiger partial charge >= 0.3 is 5.97 Å². The summed E-state index contributed by atoms with van der Waals surface area (Å²) in [5, 5.41) is 8.32. The van der Waals surface area contributed by atoms with E-state index in [9.17, 15) is 13.2 Å². The van der Waals surface area contributed by atoms with Crippen molar-refractivity contribution in [1.82, 2.24) is 19.6 Å². The van der Waals surface area contributed by atoms with E-state index >= 15 is 0 Å². The third-order valence-corrected chi connectivity index (χ3v) is 5.67. The molecule has 0 fully saturated rings. The lowest BCUT2D eigenvalue weighted by Gasteiger charge is -2.14.